The minimum atomic E-state index is -0.441. The number of H-pyrrole nitrogens is 1. The molecule has 0 aliphatic carbocycles. The lowest BCUT2D eigenvalue weighted by Crippen LogP contribution is -2.20. The highest BCUT2D eigenvalue weighted by Crippen LogP contribution is 2.32. The molecule has 0 atom stereocenters. The molecule has 34 heavy (non-hydrogen) atoms. The second kappa shape index (κ2) is 10.2. The lowest BCUT2D eigenvalue weighted by atomic mass is 9.99. The molecular weight excluding hydrogens is 428 g/mol. The molecule has 1 heterocycles. The Morgan fingerprint density at radius 2 is 1.76 bits per heavy atom. The number of fused-ring (bicyclic) bond motifs is 1. The van der Waals surface area contributed by atoms with E-state index in [1.807, 2.05) is 68.7 Å². The van der Waals surface area contributed by atoms with Crippen molar-refractivity contribution in [3.63, 3.8) is 0 Å². The standard InChI is InChI=1S/C27H28N4O3/c1-31(2)16-15-28-20-10-12-21(13-11-20)29-25(18-7-5-4-6-8-18)24-22-17-19(27(33)34-3)9-14-23(22)30-26(24)32/h4-14,17,28,30,32H,15-16H2,1-3H3. The summed E-state index contributed by atoms with van der Waals surface area (Å²) in [5, 5.41) is 14.9. The van der Waals surface area contributed by atoms with Gasteiger partial charge in [0.25, 0.3) is 0 Å². The molecule has 174 valence electrons. The third-order valence-corrected chi connectivity index (χ3v) is 5.48. The average molecular weight is 457 g/mol. The Morgan fingerprint density at radius 3 is 2.44 bits per heavy atom. The van der Waals surface area contributed by atoms with E-state index in [-0.39, 0.29) is 5.88 Å². The SMILES string of the molecule is COC(=O)c1ccc2[nH]c(O)c(C(=Nc3ccc(NCCN(C)C)cc3)c3ccccc3)c2c1. The van der Waals surface area contributed by atoms with E-state index in [0.29, 0.717) is 27.7 Å². The molecule has 0 aliphatic rings. The Labute approximate surface area is 198 Å². The molecule has 0 fully saturated rings. The van der Waals surface area contributed by atoms with Gasteiger partial charge in [0.15, 0.2) is 5.88 Å². The molecule has 0 radical (unpaired) electrons. The molecule has 7 nitrogen and oxygen atoms in total. The zero-order valence-corrected chi connectivity index (χ0v) is 19.5. The van der Waals surface area contributed by atoms with Crippen LogP contribution in [0.25, 0.3) is 10.9 Å². The van der Waals surface area contributed by atoms with Crippen LogP contribution in [0.15, 0.2) is 77.8 Å². The molecule has 0 amide bonds. The van der Waals surface area contributed by atoms with E-state index in [4.69, 9.17) is 9.73 Å². The summed E-state index contributed by atoms with van der Waals surface area (Å²) in [5.74, 6) is -0.453. The largest absolute Gasteiger partial charge is 0.494 e. The van der Waals surface area contributed by atoms with Crippen LogP contribution in [-0.2, 0) is 4.74 Å². The van der Waals surface area contributed by atoms with Crippen molar-refractivity contribution in [1.82, 2.24) is 9.88 Å². The lowest BCUT2D eigenvalue weighted by Gasteiger charge is -2.12. The number of aromatic hydroxyl groups is 1. The number of nitrogens with zero attached hydrogens (tertiary/aromatic N) is 2. The zero-order chi connectivity index (χ0) is 24.1. The number of hydrogen-bond acceptors (Lipinski definition) is 6. The first-order chi connectivity index (χ1) is 16.5. The monoisotopic (exact) mass is 456 g/mol. The summed E-state index contributed by atoms with van der Waals surface area (Å²) in [6.07, 6.45) is 0. The van der Waals surface area contributed by atoms with Gasteiger partial charge in [0, 0.05) is 35.2 Å². The van der Waals surface area contributed by atoms with Gasteiger partial charge < -0.3 is 25.0 Å². The zero-order valence-electron chi connectivity index (χ0n) is 19.5. The smallest absolute Gasteiger partial charge is 0.337 e. The van der Waals surface area contributed by atoms with E-state index < -0.39 is 5.97 Å². The predicted molar refractivity (Wildman–Crippen MR) is 137 cm³/mol. The molecule has 7 heteroatoms. The number of nitrogens with one attached hydrogen (secondary N) is 2. The highest BCUT2D eigenvalue weighted by atomic mass is 16.5. The van der Waals surface area contributed by atoms with Crippen molar-refractivity contribution in [2.45, 2.75) is 0 Å². The molecule has 0 bridgehead atoms. The van der Waals surface area contributed by atoms with Gasteiger partial charge in [-0.25, -0.2) is 9.79 Å². The molecule has 3 aromatic carbocycles. The van der Waals surface area contributed by atoms with E-state index in [2.05, 4.69) is 15.2 Å². The number of anilines is 1. The van der Waals surface area contributed by atoms with Gasteiger partial charge in [-0.2, -0.15) is 0 Å². The van der Waals surface area contributed by atoms with Crippen LogP contribution in [-0.4, -0.2) is 61.0 Å². The van der Waals surface area contributed by atoms with Crippen LogP contribution in [0.2, 0.25) is 0 Å². The maximum Gasteiger partial charge on any atom is 0.337 e. The van der Waals surface area contributed by atoms with Crippen molar-refractivity contribution in [2.24, 2.45) is 4.99 Å². The first-order valence-electron chi connectivity index (χ1n) is 11.0. The quantitative estimate of drug-likeness (QED) is 0.262. The van der Waals surface area contributed by atoms with Gasteiger partial charge in [0.1, 0.15) is 0 Å². The Hall–Kier alpha value is -4.10. The topological polar surface area (TPSA) is 90.0 Å². The number of carbonyl (C=O) groups excluding carboxylic acids is 1. The summed E-state index contributed by atoms with van der Waals surface area (Å²) in [4.78, 5) is 22.1. The van der Waals surface area contributed by atoms with Gasteiger partial charge in [0.2, 0.25) is 0 Å². The van der Waals surface area contributed by atoms with Crippen molar-refractivity contribution >= 4 is 34.0 Å². The molecule has 0 saturated carbocycles. The molecule has 4 rings (SSSR count). The first kappa shape index (κ1) is 23.1. The number of rotatable bonds is 8. The number of aliphatic imine (C=N–C) groups is 1. The first-order valence-corrected chi connectivity index (χ1v) is 11.0. The van der Waals surface area contributed by atoms with Crippen LogP contribution in [0, 0.1) is 0 Å². The number of methoxy groups -OCH3 is 1. The van der Waals surface area contributed by atoms with Crippen molar-refractivity contribution in [1.29, 1.82) is 0 Å². The van der Waals surface area contributed by atoms with Crippen LogP contribution in [0.5, 0.6) is 5.88 Å². The van der Waals surface area contributed by atoms with Crippen molar-refractivity contribution in [3.8, 4) is 5.88 Å². The van der Waals surface area contributed by atoms with Gasteiger partial charge >= 0.3 is 5.97 Å². The number of aromatic nitrogens is 1. The fraction of sp³-hybridized carbons (Fsp3) is 0.185. The maximum absolute atomic E-state index is 12.1. The lowest BCUT2D eigenvalue weighted by molar-refractivity contribution is 0.0601. The molecule has 4 aromatic rings. The maximum atomic E-state index is 12.1. The van der Waals surface area contributed by atoms with Crippen LogP contribution >= 0.6 is 0 Å². The van der Waals surface area contributed by atoms with E-state index in [1.54, 1.807) is 18.2 Å². The Balaban J connectivity index is 1.78. The van der Waals surface area contributed by atoms with Gasteiger partial charge in [0.05, 0.1) is 29.6 Å². The van der Waals surface area contributed by atoms with E-state index in [9.17, 15) is 9.90 Å². The van der Waals surface area contributed by atoms with Crippen LogP contribution < -0.4 is 5.32 Å². The number of ether oxygens (including phenoxy) is 1. The second-order valence-electron chi connectivity index (χ2n) is 8.20. The Bertz CT molecular complexity index is 1310. The van der Waals surface area contributed by atoms with E-state index in [0.717, 1.165) is 30.0 Å². The number of esters is 1. The molecular formula is C27H28N4O3. The average Bonchev–Trinajstić information content (AvgIpc) is 3.18. The summed E-state index contributed by atoms with van der Waals surface area (Å²) in [6, 6.07) is 22.6. The molecule has 1 aromatic heterocycles. The number of carbonyl (C=O) groups is 1. The van der Waals surface area contributed by atoms with Gasteiger partial charge in [-0.05, 0) is 56.6 Å². The fourth-order valence-electron chi connectivity index (χ4n) is 3.73. The minimum Gasteiger partial charge on any atom is -0.494 e. The highest BCUT2D eigenvalue weighted by molar-refractivity contribution is 6.22. The summed E-state index contributed by atoms with van der Waals surface area (Å²) < 4.78 is 4.87. The van der Waals surface area contributed by atoms with Gasteiger partial charge in [-0.3, -0.25) is 0 Å². The third kappa shape index (κ3) is 5.10. The van der Waals surface area contributed by atoms with Crippen molar-refractivity contribution in [3.05, 3.63) is 89.5 Å². The summed E-state index contributed by atoms with van der Waals surface area (Å²) in [7, 11) is 5.43. The Kier molecular flexibility index (Phi) is 6.94. The summed E-state index contributed by atoms with van der Waals surface area (Å²) in [5.41, 5.74) is 4.82. The van der Waals surface area contributed by atoms with Crippen molar-refractivity contribution in [2.75, 3.05) is 39.6 Å². The van der Waals surface area contributed by atoms with E-state index in [1.165, 1.54) is 7.11 Å². The predicted octanol–water partition coefficient (Wildman–Crippen LogP) is 4.80. The molecule has 3 N–H and O–H groups in total. The molecule has 0 spiro atoms. The normalized spacial score (nSPS) is 11.7. The van der Waals surface area contributed by atoms with Crippen LogP contribution in [0.4, 0.5) is 11.4 Å². The van der Waals surface area contributed by atoms with Gasteiger partial charge in [-0.1, -0.05) is 30.3 Å². The van der Waals surface area contributed by atoms with Gasteiger partial charge in [-0.15, -0.1) is 0 Å². The fourth-order valence-corrected chi connectivity index (χ4v) is 3.73. The van der Waals surface area contributed by atoms with Crippen molar-refractivity contribution < 1.29 is 14.6 Å². The number of aromatic amines is 1. The molecule has 0 unspecified atom stereocenters. The number of hydrogen-bond donors (Lipinski definition) is 3. The van der Waals surface area contributed by atoms with E-state index >= 15 is 0 Å². The molecule has 0 saturated heterocycles. The Morgan fingerprint density at radius 1 is 1.03 bits per heavy atom. The minimum absolute atomic E-state index is 0.0124. The highest BCUT2D eigenvalue weighted by Gasteiger charge is 2.20. The summed E-state index contributed by atoms with van der Waals surface area (Å²) >= 11 is 0. The second-order valence-corrected chi connectivity index (χ2v) is 8.20. The molecule has 0 aliphatic heterocycles. The van der Waals surface area contributed by atoms with Crippen LogP contribution in [0.3, 0.4) is 0 Å². The third-order valence-electron chi connectivity index (χ3n) is 5.48. The number of benzene rings is 3. The summed E-state index contributed by atoms with van der Waals surface area (Å²) in [6.45, 7) is 1.78. The number of likely N-dealkylation sites (N-methyl/N-ethyl adjacent to an activating group) is 1. The van der Waals surface area contributed by atoms with Crippen LogP contribution in [0.1, 0.15) is 21.5 Å².